The van der Waals surface area contributed by atoms with Crippen LogP contribution in [-0.4, -0.2) is 44.7 Å². The standard InChI is InChI=1S/C25H30F3N5O/c1-16-2-6-20(7-3-16)34-22-9-5-19-14-17(4-8-21(19)23(22)25(26,27)28)15-33-12-10-18(11-13-33)24-29-31-32-30-24/h4-5,8-9,14,16,18,20H,2-3,6-7,10-13,15H2,1H3,(H,29,30,31,32). The Morgan fingerprint density at radius 3 is 2.47 bits per heavy atom. The van der Waals surface area contributed by atoms with Gasteiger partial charge in [-0.2, -0.15) is 18.4 Å². The van der Waals surface area contributed by atoms with Gasteiger partial charge in [0, 0.05) is 12.5 Å². The first-order chi connectivity index (χ1) is 16.4. The Kier molecular flexibility index (Phi) is 6.46. The Morgan fingerprint density at radius 2 is 1.79 bits per heavy atom. The highest BCUT2D eigenvalue weighted by Crippen LogP contribution is 2.43. The minimum absolute atomic E-state index is 0.0455. The molecule has 0 radical (unpaired) electrons. The highest BCUT2D eigenvalue weighted by Gasteiger charge is 2.37. The number of aromatic amines is 1. The third kappa shape index (κ3) is 5.04. The molecule has 9 heteroatoms. The molecular weight excluding hydrogens is 443 g/mol. The van der Waals surface area contributed by atoms with Gasteiger partial charge in [0.1, 0.15) is 11.3 Å². The van der Waals surface area contributed by atoms with E-state index in [0.717, 1.165) is 63.0 Å². The van der Waals surface area contributed by atoms with Gasteiger partial charge in [-0.15, -0.1) is 10.2 Å². The molecule has 1 aliphatic heterocycles. The average Bonchev–Trinajstić information content (AvgIpc) is 3.35. The van der Waals surface area contributed by atoms with Gasteiger partial charge in [0.15, 0.2) is 5.82 Å². The van der Waals surface area contributed by atoms with Crippen LogP contribution in [0, 0.1) is 5.92 Å². The van der Waals surface area contributed by atoms with Crippen molar-refractivity contribution in [1.82, 2.24) is 25.5 Å². The number of piperidine rings is 1. The van der Waals surface area contributed by atoms with Crippen LogP contribution in [0.4, 0.5) is 13.2 Å². The molecule has 0 spiro atoms. The number of ether oxygens (including phenoxy) is 1. The Bertz CT molecular complexity index is 1100. The van der Waals surface area contributed by atoms with Crippen LogP contribution in [0.3, 0.4) is 0 Å². The number of fused-ring (bicyclic) bond motifs is 1. The molecule has 0 bridgehead atoms. The number of likely N-dealkylation sites (tertiary alicyclic amines) is 1. The number of halogens is 3. The molecule has 0 unspecified atom stereocenters. The maximum absolute atomic E-state index is 14.1. The Hall–Kier alpha value is -2.68. The molecule has 1 saturated heterocycles. The normalized spacial score (nSPS) is 22.8. The largest absolute Gasteiger partial charge is 0.490 e. The molecule has 1 aliphatic carbocycles. The molecule has 2 aromatic carbocycles. The Labute approximate surface area is 196 Å². The molecule has 1 aromatic heterocycles. The average molecular weight is 474 g/mol. The molecule has 3 aromatic rings. The van der Waals surface area contributed by atoms with Crippen LogP contribution < -0.4 is 4.74 Å². The van der Waals surface area contributed by atoms with E-state index in [1.54, 1.807) is 12.1 Å². The zero-order valence-electron chi connectivity index (χ0n) is 19.3. The lowest BCUT2D eigenvalue weighted by molar-refractivity contribution is -0.138. The molecule has 182 valence electrons. The number of benzene rings is 2. The van der Waals surface area contributed by atoms with Crippen LogP contribution in [0.1, 0.15) is 68.3 Å². The lowest BCUT2D eigenvalue weighted by atomic mass is 9.89. The summed E-state index contributed by atoms with van der Waals surface area (Å²) in [6, 6.07) is 8.56. The Morgan fingerprint density at radius 1 is 1.03 bits per heavy atom. The summed E-state index contributed by atoms with van der Waals surface area (Å²) >= 11 is 0. The van der Waals surface area contributed by atoms with Gasteiger partial charge in [-0.25, -0.2) is 0 Å². The van der Waals surface area contributed by atoms with Crippen LogP contribution in [-0.2, 0) is 12.7 Å². The predicted molar refractivity (Wildman–Crippen MR) is 122 cm³/mol. The van der Waals surface area contributed by atoms with Gasteiger partial charge in [0.2, 0.25) is 0 Å². The maximum Gasteiger partial charge on any atom is 0.420 e. The van der Waals surface area contributed by atoms with Crippen molar-refractivity contribution in [2.24, 2.45) is 5.92 Å². The molecule has 1 N–H and O–H groups in total. The number of rotatable bonds is 5. The third-order valence-electron chi connectivity index (χ3n) is 7.31. The number of alkyl halides is 3. The lowest BCUT2D eigenvalue weighted by Crippen LogP contribution is -2.32. The van der Waals surface area contributed by atoms with Gasteiger partial charge in [0.05, 0.1) is 6.10 Å². The quantitative estimate of drug-likeness (QED) is 0.514. The summed E-state index contributed by atoms with van der Waals surface area (Å²) < 4.78 is 48.3. The van der Waals surface area contributed by atoms with E-state index in [-0.39, 0.29) is 17.2 Å². The number of hydrogen-bond acceptors (Lipinski definition) is 5. The minimum Gasteiger partial charge on any atom is -0.490 e. The lowest BCUT2D eigenvalue weighted by Gasteiger charge is -2.30. The number of hydrogen-bond donors (Lipinski definition) is 1. The fraction of sp³-hybridized carbons (Fsp3) is 0.560. The predicted octanol–water partition coefficient (Wildman–Crippen LogP) is 5.71. The van der Waals surface area contributed by atoms with Crippen molar-refractivity contribution in [3.8, 4) is 5.75 Å². The van der Waals surface area contributed by atoms with Crippen LogP contribution in [0.5, 0.6) is 5.75 Å². The summed E-state index contributed by atoms with van der Waals surface area (Å²) in [5.41, 5.74) is 0.352. The van der Waals surface area contributed by atoms with Crippen LogP contribution in [0.15, 0.2) is 30.3 Å². The molecule has 5 rings (SSSR count). The molecule has 2 fully saturated rings. The second-order valence-electron chi connectivity index (χ2n) is 9.81. The highest BCUT2D eigenvalue weighted by atomic mass is 19.4. The highest BCUT2D eigenvalue weighted by molar-refractivity contribution is 5.89. The summed E-state index contributed by atoms with van der Waals surface area (Å²) in [5.74, 6) is 1.62. The van der Waals surface area contributed by atoms with Crippen molar-refractivity contribution in [1.29, 1.82) is 0 Å². The molecule has 2 aliphatic rings. The van der Waals surface area contributed by atoms with Gasteiger partial charge in [-0.05, 0) is 86.0 Å². The Balaban J connectivity index is 1.32. The topological polar surface area (TPSA) is 66.9 Å². The summed E-state index contributed by atoms with van der Waals surface area (Å²) in [5, 5.41) is 15.1. The molecule has 2 heterocycles. The van der Waals surface area contributed by atoms with Crippen molar-refractivity contribution in [2.45, 2.75) is 70.2 Å². The van der Waals surface area contributed by atoms with Gasteiger partial charge < -0.3 is 4.74 Å². The minimum atomic E-state index is -4.48. The van der Waals surface area contributed by atoms with Crippen molar-refractivity contribution in [3.05, 3.63) is 47.3 Å². The third-order valence-corrected chi connectivity index (χ3v) is 7.31. The zero-order valence-corrected chi connectivity index (χ0v) is 19.3. The fourth-order valence-corrected chi connectivity index (χ4v) is 5.33. The first-order valence-electron chi connectivity index (χ1n) is 12.1. The molecule has 0 amide bonds. The fourth-order valence-electron chi connectivity index (χ4n) is 5.33. The molecular formula is C25H30F3N5O. The van der Waals surface area contributed by atoms with Crippen molar-refractivity contribution in [3.63, 3.8) is 0 Å². The molecule has 1 saturated carbocycles. The van der Waals surface area contributed by atoms with Crippen LogP contribution in [0.25, 0.3) is 10.8 Å². The van der Waals surface area contributed by atoms with E-state index >= 15 is 0 Å². The van der Waals surface area contributed by atoms with E-state index in [1.807, 2.05) is 12.1 Å². The zero-order chi connectivity index (χ0) is 23.7. The van der Waals surface area contributed by atoms with Gasteiger partial charge >= 0.3 is 6.18 Å². The van der Waals surface area contributed by atoms with Crippen molar-refractivity contribution >= 4 is 10.8 Å². The van der Waals surface area contributed by atoms with Crippen LogP contribution in [0.2, 0.25) is 0 Å². The van der Waals surface area contributed by atoms with E-state index in [2.05, 4.69) is 32.4 Å². The SMILES string of the molecule is CC1CCC(Oc2ccc3cc(CN4CCC(c5nn[nH]n5)CC4)ccc3c2C(F)(F)F)CC1. The van der Waals surface area contributed by atoms with Gasteiger partial charge in [-0.3, -0.25) is 4.90 Å². The monoisotopic (exact) mass is 473 g/mol. The first-order valence-corrected chi connectivity index (χ1v) is 12.1. The second-order valence-corrected chi connectivity index (χ2v) is 9.81. The van der Waals surface area contributed by atoms with E-state index in [0.29, 0.717) is 23.8 Å². The summed E-state index contributed by atoms with van der Waals surface area (Å²) in [6.45, 7) is 4.66. The summed E-state index contributed by atoms with van der Waals surface area (Å²) in [7, 11) is 0. The number of aromatic nitrogens is 4. The van der Waals surface area contributed by atoms with E-state index in [4.69, 9.17) is 4.74 Å². The first kappa shape index (κ1) is 23.1. The van der Waals surface area contributed by atoms with E-state index in [1.165, 1.54) is 6.07 Å². The maximum atomic E-state index is 14.1. The summed E-state index contributed by atoms with van der Waals surface area (Å²) in [6.07, 6.45) is 0.847. The van der Waals surface area contributed by atoms with Gasteiger partial charge in [0.25, 0.3) is 0 Å². The van der Waals surface area contributed by atoms with E-state index in [9.17, 15) is 13.2 Å². The van der Waals surface area contributed by atoms with Crippen LogP contribution >= 0.6 is 0 Å². The van der Waals surface area contributed by atoms with Gasteiger partial charge in [-0.1, -0.05) is 30.3 Å². The van der Waals surface area contributed by atoms with E-state index < -0.39 is 11.7 Å². The number of tetrazole rings is 1. The van der Waals surface area contributed by atoms with Crippen molar-refractivity contribution < 1.29 is 17.9 Å². The summed E-state index contributed by atoms with van der Waals surface area (Å²) in [4.78, 5) is 2.32. The molecule has 6 nitrogen and oxygen atoms in total. The number of nitrogens with zero attached hydrogens (tertiary/aromatic N) is 4. The molecule has 0 atom stereocenters. The number of H-pyrrole nitrogens is 1. The second kappa shape index (κ2) is 9.52. The molecule has 34 heavy (non-hydrogen) atoms. The number of nitrogens with one attached hydrogen (secondary N) is 1. The smallest absolute Gasteiger partial charge is 0.420 e. The van der Waals surface area contributed by atoms with Crippen molar-refractivity contribution in [2.75, 3.05) is 13.1 Å².